The minimum absolute atomic E-state index is 0.000820. The van der Waals surface area contributed by atoms with E-state index in [2.05, 4.69) is 25.3 Å². The Labute approximate surface area is 218 Å². The van der Waals surface area contributed by atoms with Crippen LogP contribution in [0.5, 0.6) is 5.75 Å². The molecule has 0 fully saturated rings. The summed E-state index contributed by atoms with van der Waals surface area (Å²) < 4.78 is 5.91. The fourth-order valence-electron chi connectivity index (χ4n) is 4.21. The second-order valence-corrected chi connectivity index (χ2v) is 10.3. The van der Waals surface area contributed by atoms with E-state index in [1.165, 1.54) is 88.4 Å². The lowest BCUT2D eigenvalue weighted by molar-refractivity contribution is 0.104. The van der Waals surface area contributed by atoms with Crippen molar-refractivity contribution >= 4 is 23.6 Å². The first kappa shape index (κ1) is 29.2. The Morgan fingerprint density at radius 3 is 1.91 bits per heavy atom. The number of ether oxygens (including phenoxy) is 1. The van der Waals surface area contributed by atoms with Crippen LogP contribution in [-0.4, -0.2) is 18.6 Å². The zero-order chi connectivity index (χ0) is 25.0. The molecule has 0 amide bonds. The zero-order valence-electron chi connectivity index (χ0n) is 22.1. The number of carbonyl (C=O) groups excluding carboxylic acids is 1. The second kappa shape index (κ2) is 19.2. The fraction of sp³-hybridized carbons (Fsp3) is 0.531. The van der Waals surface area contributed by atoms with Crippen molar-refractivity contribution in [3.63, 3.8) is 0 Å². The highest BCUT2D eigenvalue weighted by atomic mass is 32.2. The summed E-state index contributed by atoms with van der Waals surface area (Å²) in [6.45, 7) is 3.00. The number of benzene rings is 2. The van der Waals surface area contributed by atoms with Crippen LogP contribution in [0.1, 0.15) is 113 Å². The molecule has 0 heterocycles. The molecule has 2 nitrogen and oxygen atoms in total. The lowest BCUT2D eigenvalue weighted by atomic mass is 10.0. The molecule has 0 aromatic heterocycles. The van der Waals surface area contributed by atoms with E-state index in [9.17, 15) is 4.79 Å². The van der Waals surface area contributed by atoms with Crippen molar-refractivity contribution in [1.29, 1.82) is 0 Å². The molecule has 0 atom stereocenters. The molecule has 192 valence electrons. The fourth-order valence-corrected chi connectivity index (χ4v) is 4.62. The Balaban J connectivity index is 1.53. The van der Waals surface area contributed by atoms with Crippen LogP contribution in [0.25, 0.3) is 6.08 Å². The van der Waals surface area contributed by atoms with Crippen LogP contribution in [0.2, 0.25) is 0 Å². The molecule has 2 aromatic rings. The molecule has 3 heteroatoms. The van der Waals surface area contributed by atoms with Crippen LogP contribution >= 0.6 is 11.8 Å². The molecule has 0 unspecified atom stereocenters. The van der Waals surface area contributed by atoms with Gasteiger partial charge in [-0.05, 0) is 48.6 Å². The van der Waals surface area contributed by atoms with Crippen molar-refractivity contribution in [2.24, 2.45) is 0 Å². The largest absolute Gasteiger partial charge is 0.494 e. The molecule has 0 aliphatic carbocycles. The number of carbonyl (C=O) groups is 1. The Bertz CT molecular complexity index is 841. The van der Waals surface area contributed by atoms with Crippen molar-refractivity contribution in [2.75, 3.05) is 12.9 Å². The lowest BCUT2D eigenvalue weighted by Crippen LogP contribution is -1.99. The number of hydrogen-bond donors (Lipinski definition) is 0. The summed E-state index contributed by atoms with van der Waals surface area (Å²) >= 11 is 1.71. The van der Waals surface area contributed by atoms with Gasteiger partial charge in [0.15, 0.2) is 5.78 Å². The molecule has 0 saturated carbocycles. The van der Waals surface area contributed by atoms with Crippen LogP contribution < -0.4 is 4.74 Å². The monoisotopic (exact) mass is 494 g/mol. The molecule has 0 aliphatic rings. The topological polar surface area (TPSA) is 26.3 Å². The van der Waals surface area contributed by atoms with Gasteiger partial charge in [0.05, 0.1) is 6.61 Å². The molecular formula is C32H46O2S. The third-order valence-electron chi connectivity index (χ3n) is 6.43. The van der Waals surface area contributed by atoms with Crippen molar-refractivity contribution in [1.82, 2.24) is 0 Å². The molecule has 2 aromatic carbocycles. The van der Waals surface area contributed by atoms with Crippen LogP contribution in [0.4, 0.5) is 0 Å². The molecule has 2 rings (SSSR count). The first-order valence-corrected chi connectivity index (χ1v) is 15.0. The van der Waals surface area contributed by atoms with Crippen molar-refractivity contribution in [3.8, 4) is 5.75 Å². The summed E-state index contributed by atoms with van der Waals surface area (Å²) in [6.07, 6.45) is 24.5. The third-order valence-corrected chi connectivity index (χ3v) is 7.17. The summed E-state index contributed by atoms with van der Waals surface area (Å²) in [5, 5.41) is 0. The summed E-state index contributed by atoms with van der Waals surface area (Å²) in [5.74, 6) is 0.782. The van der Waals surface area contributed by atoms with Gasteiger partial charge < -0.3 is 4.74 Å². The normalized spacial score (nSPS) is 11.3. The summed E-state index contributed by atoms with van der Waals surface area (Å²) in [4.78, 5) is 13.8. The molecule has 0 aliphatic heterocycles. The van der Waals surface area contributed by atoms with E-state index in [1.807, 2.05) is 42.5 Å². The highest BCUT2D eigenvalue weighted by Gasteiger charge is 2.04. The highest BCUT2D eigenvalue weighted by Crippen LogP contribution is 2.18. The number of ketones is 1. The average molecular weight is 495 g/mol. The zero-order valence-corrected chi connectivity index (χ0v) is 22.9. The van der Waals surface area contributed by atoms with Gasteiger partial charge in [0.2, 0.25) is 0 Å². The van der Waals surface area contributed by atoms with Gasteiger partial charge in [0.25, 0.3) is 0 Å². The third kappa shape index (κ3) is 13.6. The maximum Gasteiger partial charge on any atom is 0.185 e. The first-order valence-electron chi connectivity index (χ1n) is 13.8. The molecular weight excluding hydrogens is 448 g/mol. The predicted octanol–water partition coefficient (Wildman–Crippen LogP) is 10.2. The number of allylic oxidation sites excluding steroid dienone is 1. The summed E-state index contributed by atoms with van der Waals surface area (Å²) in [5.41, 5.74) is 1.70. The predicted molar refractivity (Wildman–Crippen MR) is 154 cm³/mol. The van der Waals surface area contributed by atoms with Crippen LogP contribution in [-0.2, 0) is 0 Å². The van der Waals surface area contributed by atoms with E-state index in [-0.39, 0.29) is 5.78 Å². The van der Waals surface area contributed by atoms with E-state index >= 15 is 0 Å². The number of hydrogen-bond acceptors (Lipinski definition) is 3. The second-order valence-electron chi connectivity index (χ2n) is 9.44. The van der Waals surface area contributed by atoms with Gasteiger partial charge in [0, 0.05) is 10.5 Å². The van der Waals surface area contributed by atoms with Crippen molar-refractivity contribution in [3.05, 3.63) is 65.7 Å². The van der Waals surface area contributed by atoms with Crippen LogP contribution in [0, 0.1) is 0 Å². The van der Waals surface area contributed by atoms with Gasteiger partial charge in [-0.3, -0.25) is 4.79 Å². The number of thioether (sulfide) groups is 1. The van der Waals surface area contributed by atoms with E-state index in [0.29, 0.717) is 12.2 Å². The average Bonchev–Trinajstić information content (AvgIpc) is 2.90. The molecule has 0 bridgehead atoms. The minimum Gasteiger partial charge on any atom is -0.494 e. The van der Waals surface area contributed by atoms with E-state index in [0.717, 1.165) is 17.7 Å². The first-order chi connectivity index (χ1) is 17.2. The number of unbranched alkanes of at least 4 members (excludes halogenated alkanes) is 13. The Morgan fingerprint density at radius 1 is 0.771 bits per heavy atom. The molecule has 35 heavy (non-hydrogen) atoms. The molecule has 0 radical (unpaired) electrons. The Hall–Kier alpha value is -2.00. The molecule has 0 N–H and O–H groups in total. The molecule has 0 saturated heterocycles. The SMILES string of the molecule is CCCCCCCCCCCCCCCCOc1cccc(C(=O)/C=C/c2ccc(SC)cc2)c1. The lowest BCUT2D eigenvalue weighted by Gasteiger charge is -2.07. The maximum atomic E-state index is 12.6. The van der Waals surface area contributed by atoms with Crippen LogP contribution in [0.15, 0.2) is 59.5 Å². The highest BCUT2D eigenvalue weighted by molar-refractivity contribution is 7.98. The van der Waals surface area contributed by atoms with E-state index in [1.54, 1.807) is 17.8 Å². The quantitative estimate of drug-likeness (QED) is 0.0792. The van der Waals surface area contributed by atoms with Gasteiger partial charge in [0.1, 0.15) is 5.75 Å². The summed E-state index contributed by atoms with van der Waals surface area (Å²) in [6, 6.07) is 15.7. The maximum absolute atomic E-state index is 12.6. The smallest absolute Gasteiger partial charge is 0.185 e. The van der Waals surface area contributed by atoms with E-state index in [4.69, 9.17) is 4.74 Å². The summed E-state index contributed by atoms with van der Waals surface area (Å²) in [7, 11) is 0. The van der Waals surface area contributed by atoms with Gasteiger partial charge >= 0.3 is 0 Å². The Kier molecular flexibility index (Phi) is 16.1. The van der Waals surface area contributed by atoms with Crippen LogP contribution in [0.3, 0.4) is 0 Å². The van der Waals surface area contributed by atoms with Crippen molar-refractivity contribution in [2.45, 2.75) is 102 Å². The van der Waals surface area contributed by atoms with Gasteiger partial charge in [-0.25, -0.2) is 0 Å². The standard InChI is InChI=1S/C32H46O2S/c1-3-4-5-6-7-8-9-10-11-12-13-14-15-16-26-34-30-19-17-18-29(27-30)32(33)25-22-28-20-23-31(35-2)24-21-28/h17-25,27H,3-16,26H2,1-2H3/b25-22+. The minimum atomic E-state index is 0.000820. The Morgan fingerprint density at radius 2 is 1.34 bits per heavy atom. The molecule has 0 spiro atoms. The van der Waals surface area contributed by atoms with Crippen molar-refractivity contribution < 1.29 is 9.53 Å². The van der Waals surface area contributed by atoms with E-state index < -0.39 is 0 Å². The van der Waals surface area contributed by atoms with Gasteiger partial charge in [-0.1, -0.05) is 121 Å². The number of rotatable bonds is 20. The van der Waals surface area contributed by atoms with Gasteiger partial charge in [-0.15, -0.1) is 11.8 Å². The van der Waals surface area contributed by atoms with Gasteiger partial charge in [-0.2, -0.15) is 0 Å².